The van der Waals surface area contributed by atoms with Crippen molar-refractivity contribution in [2.75, 3.05) is 5.75 Å². The zero-order valence-corrected chi connectivity index (χ0v) is 14.8. The van der Waals surface area contributed by atoms with Gasteiger partial charge in [0.1, 0.15) is 17.1 Å². The predicted octanol–water partition coefficient (Wildman–Crippen LogP) is -4.67. The molecule has 0 bridgehead atoms. The molecule has 24 heavy (non-hydrogen) atoms. The number of carboxylic acids is 1. The fraction of sp³-hybridized carbons (Fsp3) is 0.308. The molecule has 1 amide bonds. The van der Waals surface area contributed by atoms with E-state index in [2.05, 4.69) is 0 Å². The van der Waals surface area contributed by atoms with Gasteiger partial charge < -0.3 is 34.2 Å². The molecule has 0 radical (unpaired) electrons. The molecule has 8 nitrogen and oxygen atoms in total. The van der Waals surface area contributed by atoms with Gasteiger partial charge in [0.15, 0.2) is 18.9 Å². The van der Waals surface area contributed by atoms with E-state index in [0.29, 0.717) is 12.3 Å². The molecule has 2 aliphatic rings. The van der Waals surface area contributed by atoms with E-state index < -0.39 is 12.0 Å². The van der Waals surface area contributed by atoms with Crippen LogP contribution in [0.3, 0.4) is 0 Å². The number of nitrogens with zero attached hydrogens (tertiary/aromatic N) is 2. The van der Waals surface area contributed by atoms with Gasteiger partial charge in [-0.2, -0.15) is 0 Å². The summed E-state index contributed by atoms with van der Waals surface area (Å²) in [7, 11) is 0. The van der Waals surface area contributed by atoms with Crippen LogP contribution in [0.2, 0.25) is 0 Å². The molecule has 0 saturated carbocycles. The first-order valence-electron chi connectivity index (χ1n) is 6.19. The van der Waals surface area contributed by atoms with Crippen molar-refractivity contribution >= 4 is 36.0 Å². The van der Waals surface area contributed by atoms with Gasteiger partial charge in [-0.15, -0.1) is 24.2 Å². The number of β-lactam (4-membered cyclic amide) rings is 1. The largest absolute Gasteiger partial charge is 1.00 e. The summed E-state index contributed by atoms with van der Waals surface area (Å²) in [5.74, 6) is -0.802. The molecule has 2 aliphatic heterocycles. The van der Waals surface area contributed by atoms with Crippen molar-refractivity contribution < 1.29 is 42.6 Å². The molecule has 1 unspecified atom stereocenters. The van der Waals surface area contributed by atoms with Gasteiger partial charge >= 0.3 is 5.97 Å². The van der Waals surface area contributed by atoms with Gasteiger partial charge in [0, 0.05) is 23.5 Å². The van der Waals surface area contributed by atoms with E-state index in [1.807, 2.05) is 35.2 Å². The van der Waals surface area contributed by atoms with Crippen molar-refractivity contribution in [3.8, 4) is 0 Å². The summed E-state index contributed by atoms with van der Waals surface area (Å²) in [5, 5.41) is 9.16. The van der Waals surface area contributed by atoms with Crippen LogP contribution in [0.1, 0.15) is 0 Å². The van der Waals surface area contributed by atoms with E-state index in [1.165, 1.54) is 16.7 Å². The minimum Gasteiger partial charge on any atom is -1.00 e. The second-order valence-electron chi connectivity index (χ2n) is 4.74. The van der Waals surface area contributed by atoms with Gasteiger partial charge in [-0.3, -0.25) is 9.69 Å². The van der Waals surface area contributed by atoms with Crippen LogP contribution >= 0.6 is 24.2 Å². The van der Waals surface area contributed by atoms with Gasteiger partial charge in [0.05, 0.1) is 0 Å². The van der Waals surface area contributed by atoms with Crippen molar-refractivity contribution in [2.45, 2.75) is 18.0 Å². The first-order chi connectivity index (χ1) is 9.59. The average molecular weight is 400 g/mol. The van der Waals surface area contributed by atoms with E-state index in [9.17, 15) is 14.7 Å². The normalized spacial score (nSPS) is 21.0. The lowest BCUT2D eigenvalue weighted by molar-refractivity contribution is -0.689. The van der Waals surface area contributed by atoms with Crippen LogP contribution in [0.25, 0.3) is 0 Å². The van der Waals surface area contributed by atoms with E-state index in [4.69, 9.17) is 5.73 Å². The number of carbonyl (C=O) groups is 2. The highest BCUT2D eigenvalue weighted by Gasteiger charge is 2.52. The van der Waals surface area contributed by atoms with Crippen molar-refractivity contribution in [2.24, 2.45) is 5.73 Å². The number of aliphatic carboxylic acids is 1. The Balaban J connectivity index is 0. The second-order valence-corrected chi connectivity index (χ2v) is 5.85. The highest BCUT2D eigenvalue weighted by Crippen LogP contribution is 2.39. The standard InChI is InChI=1S/C13H13N3O3S.2ClH.2H2O/c14-9-11(17)16-10(13(18)19)8(7-20-12(9)16)6-15-4-2-1-3-5-15;;;;/h1-5,9,12H,6-7,14H2;2*1H;2*1H2/t9?,12-;;;;/m1..../s1. The summed E-state index contributed by atoms with van der Waals surface area (Å²) >= 11 is 1.52. The third-order valence-corrected chi connectivity index (χ3v) is 4.80. The second kappa shape index (κ2) is 9.82. The van der Waals surface area contributed by atoms with Crippen LogP contribution in [0.15, 0.2) is 41.9 Å². The first-order valence-corrected chi connectivity index (χ1v) is 7.24. The number of amides is 1. The highest BCUT2D eigenvalue weighted by molar-refractivity contribution is 8.00. The first kappa shape index (κ1) is 24.9. The molecular weight excluding hydrogens is 381 g/mol. The Hall–Kier alpha value is -1.36. The Kier molecular flexibility index (Phi) is 10.2. The molecule has 1 aromatic heterocycles. The van der Waals surface area contributed by atoms with Crippen molar-refractivity contribution in [1.82, 2.24) is 4.90 Å². The lowest BCUT2D eigenvalue weighted by atomic mass is 10.0. The number of pyridine rings is 1. The van der Waals surface area contributed by atoms with Gasteiger partial charge in [-0.1, -0.05) is 6.07 Å². The zero-order valence-electron chi connectivity index (χ0n) is 12.4. The Bertz CT molecular complexity index is 617. The summed E-state index contributed by atoms with van der Waals surface area (Å²) in [6.07, 6.45) is 3.74. The lowest BCUT2D eigenvalue weighted by Crippen LogP contribution is -3.00. The number of halogens is 2. The molecule has 1 aromatic rings. The van der Waals surface area contributed by atoms with E-state index >= 15 is 0 Å². The molecular formula is C13H19Cl2N3O5S. The maximum absolute atomic E-state index is 11.8. The van der Waals surface area contributed by atoms with Crippen LogP contribution in [0.4, 0.5) is 0 Å². The molecule has 0 spiro atoms. The molecule has 0 aliphatic carbocycles. The van der Waals surface area contributed by atoms with Crippen molar-refractivity contribution in [3.63, 3.8) is 0 Å². The number of hydrogen-bond acceptors (Lipinski definition) is 4. The average Bonchev–Trinajstić information content (AvgIpc) is 2.46. The van der Waals surface area contributed by atoms with Gasteiger partial charge in [-0.05, 0) is 0 Å². The highest BCUT2D eigenvalue weighted by atomic mass is 35.5. The molecule has 3 heterocycles. The SMILES string of the molecule is Cl.NC1C(=O)N2C(C(=O)O)=C(C[n+]3ccccc3)CS[C@H]12.O.O.[Cl-]. The van der Waals surface area contributed by atoms with Crippen LogP contribution in [-0.4, -0.2) is 50.0 Å². The number of nitrogens with two attached hydrogens (primary N) is 1. The van der Waals surface area contributed by atoms with Crippen molar-refractivity contribution in [3.05, 3.63) is 41.9 Å². The Morgan fingerprint density at radius 3 is 2.46 bits per heavy atom. The predicted molar refractivity (Wildman–Crippen MR) is 86.8 cm³/mol. The lowest BCUT2D eigenvalue weighted by Gasteiger charge is -2.47. The molecule has 0 aromatic carbocycles. The fourth-order valence-electron chi connectivity index (χ4n) is 2.46. The van der Waals surface area contributed by atoms with Gasteiger partial charge in [-0.25, -0.2) is 9.36 Å². The molecule has 1 fully saturated rings. The number of carbonyl (C=O) groups excluding carboxylic acids is 1. The summed E-state index contributed by atoms with van der Waals surface area (Å²) in [6, 6.07) is 5.07. The smallest absolute Gasteiger partial charge is 0.352 e. The zero-order chi connectivity index (χ0) is 14.3. The Labute approximate surface area is 155 Å². The molecule has 11 heteroatoms. The monoisotopic (exact) mass is 399 g/mol. The molecule has 136 valence electrons. The molecule has 3 rings (SSSR count). The van der Waals surface area contributed by atoms with Crippen LogP contribution in [0.5, 0.6) is 0 Å². The van der Waals surface area contributed by atoms with Crippen LogP contribution in [-0.2, 0) is 16.1 Å². The van der Waals surface area contributed by atoms with Crippen LogP contribution in [0, 0.1) is 0 Å². The number of thioether (sulfide) groups is 1. The maximum atomic E-state index is 11.8. The maximum Gasteiger partial charge on any atom is 0.352 e. The molecule has 7 N–H and O–H groups in total. The van der Waals surface area contributed by atoms with E-state index in [1.54, 1.807) is 0 Å². The summed E-state index contributed by atoms with van der Waals surface area (Å²) < 4.78 is 1.89. The minimum atomic E-state index is -1.07. The Morgan fingerprint density at radius 1 is 1.33 bits per heavy atom. The quantitative estimate of drug-likeness (QED) is 0.386. The van der Waals surface area contributed by atoms with Crippen molar-refractivity contribution in [1.29, 1.82) is 0 Å². The summed E-state index contributed by atoms with van der Waals surface area (Å²) in [5.41, 5.74) is 6.53. The Morgan fingerprint density at radius 2 is 1.92 bits per heavy atom. The topological polar surface area (TPSA) is 151 Å². The number of aromatic nitrogens is 1. The molecule has 1 saturated heterocycles. The number of rotatable bonds is 3. The van der Waals surface area contributed by atoms with Crippen LogP contribution < -0.4 is 22.7 Å². The third kappa shape index (κ3) is 4.18. The number of hydrogen-bond donors (Lipinski definition) is 2. The third-order valence-electron chi connectivity index (χ3n) is 3.44. The summed E-state index contributed by atoms with van der Waals surface area (Å²) in [6.45, 7) is 0.460. The van der Waals surface area contributed by atoms with E-state index in [-0.39, 0.29) is 52.7 Å². The fourth-order valence-corrected chi connectivity index (χ4v) is 3.74. The summed E-state index contributed by atoms with van der Waals surface area (Å²) in [4.78, 5) is 24.6. The van der Waals surface area contributed by atoms with Gasteiger partial charge in [0.2, 0.25) is 5.91 Å². The number of fused-ring (bicyclic) bond motifs is 1. The number of carboxylic acid groups (broad SMARTS) is 1. The van der Waals surface area contributed by atoms with E-state index in [0.717, 1.165) is 5.57 Å². The minimum absolute atomic E-state index is 0. The van der Waals surface area contributed by atoms with Gasteiger partial charge in [0.25, 0.3) is 0 Å². The molecule has 2 atom stereocenters.